The minimum absolute atomic E-state index is 0.0325. The zero-order chi connectivity index (χ0) is 25.6. The molecule has 36 heavy (non-hydrogen) atoms. The molecule has 186 valence electrons. The molecular formula is C27H30ClN7O. The first kappa shape index (κ1) is 24.2. The number of piperazine rings is 1. The summed E-state index contributed by atoms with van der Waals surface area (Å²) in [6, 6.07) is 7.82. The highest BCUT2D eigenvalue weighted by Gasteiger charge is 2.35. The number of nitrogens with zero attached hydrogens (tertiary/aromatic N) is 7. The molecule has 2 atom stereocenters. The molecule has 0 saturated carbocycles. The highest BCUT2D eigenvalue weighted by molar-refractivity contribution is 6.30. The van der Waals surface area contributed by atoms with Gasteiger partial charge in [-0.15, -0.1) is 0 Å². The Kier molecular flexibility index (Phi) is 6.38. The summed E-state index contributed by atoms with van der Waals surface area (Å²) < 4.78 is 2.03. The van der Waals surface area contributed by atoms with Crippen LogP contribution in [0.2, 0.25) is 5.02 Å². The minimum atomic E-state index is -0.0325. The lowest BCUT2D eigenvalue weighted by atomic mass is 10.0. The molecule has 0 aliphatic carbocycles. The molecular weight excluding hydrogens is 474 g/mol. The lowest BCUT2D eigenvalue weighted by molar-refractivity contribution is -0.137. The standard InChI is InChI=1S/C27H30ClN7O/c1-16(2)27(36)34-13-17(3)33(12-18(34)4)25-23-22(24-19(5)29-9-10-30-24)14-35(26(23)32-15-31-25)21-8-6-7-20(28)11-21/h6-11,14-18H,12-13H2,1-5H3/t17-,18+/m0/s1. The normalized spacial score (nSPS) is 18.3. The van der Waals surface area contributed by atoms with Crippen LogP contribution >= 0.6 is 11.6 Å². The lowest BCUT2D eigenvalue weighted by Crippen LogP contribution is -2.59. The predicted octanol–water partition coefficient (Wildman–Crippen LogP) is 4.92. The van der Waals surface area contributed by atoms with E-state index < -0.39 is 0 Å². The number of fused-ring (bicyclic) bond motifs is 1. The van der Waals surface area contributed by atoms with Gasteiger partial charge in [-0.3, -0.25) is 14.8 Å². The molecule has 1 aliphatic rings. The maximum absolute atomic E-state index is 12.8. The molecule has 4 aromatic rings. The van der Waals surface area contributed by atoms with E-state index in [4.69, 9.17) is 21.6 Å². The van der Waals surface area contributed by atoms with Crippen molar-refractivity contribution in [3.8, 4) is 16.9 Å². The summed E-state index contributed by atoms with van der Waals surface area (Å²) >= 11 is 6.34. The molecule has 9 heteroatoms. The van der Waals surface area contributed by atoms with E-state index in [0.29, 0.717) is 18.1 Å². The van der Waals surface area contributed by atoms with Crippen molar-refractivity contribution in [3.63, 3.8) is 0 Å². The number of hydrogen-bond donors (Lipinski definition) is 0. The molecule has 1 fully saturated rings. The molecule has 0 N–H and O–H groups in total. The molecule has 1 aromatic carbocycles. The number of aromatic nitrogens is 5. The molecule has 1 saturated heterocycles. The van der Waals surface area contributed by atoms with E-state index in [0.717, 1.165) is 39.5 Å². The van der Waals surface area contributed by atoms with E-state index in [1.807, 2.05) is 60.7 Å². The van der Waals surface area contributed by atoms with Gasteiger partial charge >= 0.3 is 0 Å². The van der Waals surface area contributed by atoms with Gasteiger partial charge in [0.15, 0.2) is 5.65 Å². The summed E-state index contributed by atoms with van der Waals surface area (Å²) in [7, 11) is 0. The van der Waals surface area contributed by atoms with Gasteiger partial charge < -0.3 is 14.4 Å². The zero-order valence-corrected chi connectivity index (χ0v) is 21.9. The number of benzene rings is 1. The summed E-state index contributed by atoms with van der Waals surface area (Å²) in [5.41, 5.74) is 4.19. The van der Waals surface area contributed by atoms with E-state index in [1.165, 1.54) is 0 Å². The number of anilines is 1. The SMILES string of the molecule is Cc1nccnc1-c1cn(-c2cccc(Cl)c2)c2ncnc(N3C[C@@H](C)N(C(=O)C(C)C)C[C@@H]3C)c12. The number of aryl methyl sites for hydroxylation is 1. The molecule has 0 spiro atoms. The van der Waals surface area contributed by atoms with Crippen LogP contribution in [0.3, 0.4) is 0 Å². The third-order valence-corrected chi connectivity index (χ3v) is 7.06. The fourth-order valence-electron chi connectivity index (χ4n) is 5.00. The van der Waals surface area contributed by atoms with Crippen LogP contribution in [0, 0.1) is 12.8 Å². The van der Waals surface area contributed by atoms with Gasteiger partial charge in [0.1, 0.15) is 12.1 Å². The fourth-order valence-corrected chi connectivity index (χ4v) is 5.18. The first-order valence-corrected chi connectivity index (χ1v) is 12.6. The van der Waals surface area contributed by atoms with Crippen molar-refractivity contribution in [1.82, 2.24) is 29.4 Å². The van der Waals surface area contributed by atoms with Crippen molar-refractivity contribution in [2.75, 3.05) is 18.0 Å². The Morgan fingerprint density at radius 2 is 1.83 bits per heavy atom. The Morgan fingerprint density at radius 1 is 1.06 bits per heavy atom. The second kappa shape index (κ2) is 9.50. The van der Waals surface area contributed by atoms with Crippen LogP contribution in [0.15, 0.2) is 49.2 Å². The summed E-state index contributed by atoms with van der Waals surface area (Å²) in [6.45, 7) is 11.4. The average Bonchev–Trinajstić information content (AvgIpc) is 3.25. The molecule has 0 unspecified atom stereocenters. The monoisotopic (exact) mass is 503 g/mol. The fraction of sp³-hybridized carbons (Fsp3) is 0.370. The topological polar surface area (TPSA) is 80.0 Å². The molecule has 1 aliphatic heterocycles. The van der Waals surface area contributed by atoms with E-state index in [1.54, 1.807) is 18.7 Å². The highest BCUT2D eigenvalue weighted by atomic mass is 35.5. The van der Waals surface area contributed by atoms with E-state index in [-0.39, 0.29) is 23.9 Å². The van der Waals surface area contributed by atoms with Crippen LogP contribution in [0.1, 0.15) is 33.4 Å². The highest BCUT2D eigenvalue weighted by Crippen LogP contribution is 2.38. The smallest absolute Gasteiger partial charge is 0.225 e. The number of carbonyl (C=O) groups is 1. The largest absolute Gasteiger partial charge is 0.349 e. The third kappa shape index (κ3) is 4.19. The van der Waals surface area contributed by atoms with Crippen molar-refractivity contribution in [3.05, 3.63) is 59.9 Å². The Bertz CT molecular complexity index is 1430. The number of amides is 1. The van der Waals surface area contributed by atoms with Crippen LogP contribution in [0.4, 0.5) is 5.82 Å². The van der Waals surface area contributed by atoms with Gasteiger partial charge in [0.05, 0.1) is 16.8 Å². The minimum Gasteiger partial charge on any atom is -0.349 e. The van der Waals surface area contributed by atoms with Crippen molar-refractivity contribution in [2.45, 2.75) is 46.7 Å². The van der Waals surface area contributed by atoms with Crippen molar-refractivity contribution < 1.29 is 4.79 Å². The van der Waals surface area contributed by atoms with Gasteiger partial charge in [-0.1, -0.05) is 31.5 Å². The van der Waals surface area contributed by atoms with Crippen molar-refractivity contribution in [1.29, 1.82) is 0 Å². The van der Waals surface area contributed by atoms with Crippen molar-refractivity contribution in [2.24, 2.45) is 5.92 Å². The van der Waals surface area contributed by atoms with Gasteiger partial charge in [-0.2, -0.15) is 0 Å². The molecule has 0 radical (unpaired) electrons. The van der Waals surface area contributed by atoms with Crippen LogP contribution in [-0.4, -0.2) is 60.5 Å². The molecule has 4 heterocycles. The predicted molar refractivity (Wildman–Crippen MR) is 142 cm³/mol. The van der Waals surface area contributed by atoms with Crippen LogP contribution in [0.5, 0.6) is 0 Å². The molecule has 5 rings (SSSR count). The van der Waals surface area contributed by atoms with Gasteiger partial charge in [0.25, 0.3) is 0 Å². The second-order valence-electron chi connectivity index (χ2n) is 9.77. The zero-order valence-electron chi connectivity index (χ0n) is 21.2. The Hall–Kier alpha value is -3.52. The summed E-state index contributed by atoms with van der Waals surface area (Å²) in [5, 5.41) is 1.55. The van der Waals surface area contributed by atoms with Crippen LogP contribution in [-0.2, 0) is 4.79 Å². The molecule has 3 aromatic heterocycles. The van der Waals surface area contributed by atoms with E-state index >= 15 is 0 Å². The van der Waals surface area contributed by atoms with E-state index in [9.17, 15) is 4.79 Å². The lowest BCUT2D eigenvalue weighted by Gasteiger charge is -2.45. The van der Waals surface area contributed by atoms with Crippen molar-refractivity contribution >= 4 is 34.4 Å². The number of halogens is 1. The van der Waals surface area contributed by atoms with Crippen LogP contribution < -0.4 is 4.90 Å². The maximum Gasteiger partial charge on any atom is 0.225 e. The second-order valence-corrected chi connectivity index (χ2v) is 10.2. The number of hydrogen-bond acceptors (Lipinski definition) is 6. The van der Waals surface area contributed by atoms with E-state index in [2.05, 4.69) is 28.7 Å². The summed E-state index contributed by atoms with van der Waals surface area (Å²) in [6.07, 6.45) is 7.05. The Morgan fingerprint density at radius 3 is 2.56 bits per heavy atom. The number of carbonyl (C=O) groups excluding carboxylic acids is 1. The van der Waals surface area contributed by atoms with Crippen LogP contribution in [0.25, 0.3) is 28.0 Å². The quantitative estimate of drug-likeness (QED) is 0.393. The number of rotatable bonds is 4. The maximum atomic E-state index is 12.8. The molecule has 1 amide bonds. The summed E-state index contributed by atoms with van der Waals surface area (Å²) in [5.74, 6) is 0.983. The average molecular weight is 504 g/mol. The van der Waals surface area contributed by atoms with Gasteiger partial charge in [-0.25, -0.2) is 9.97 Å². The van der Waals surface area contributed by atoms with Gasteiger partial charge in [-0.05, 0) is 39.0 Å². The first-order chi connectivity index (χ1) is 17.3. The third-order valence-electron chi connectivity index (χ3n) is 6.82. The molecule has 0 bridgehead atoms. The first-order valence-electron chi connectivity index (χ1n) is 12.2. The summed E-state index contributed by atoms with van der Waals surface area (Å²) in [4.78, 5) is 35.7. The Labute approximate surface area is 216 Å². The molecule has 8 nitrogen and oxygen atoms in total. The van der Waals surface area contributed by atoms with Gasteiger partial charge in [0, 0.05) is 66.0 Å². The van der Waals surface area contributed by atoms with Gasteiger partial charge in [0.2, 0.25) is 5.91 Å². The Balaban J connectivity index is 1.69.